The number of carbonyl (C=O) groups is 2. The van der Waals surface area contributed by atoms with Crippen molar-refractivity contribution in [2.75, 3.05) is 19.7 Å². The van der Waals surface area contributed by atoms with Crippen molar-refractivity contribution >= 4 is 23.0 Å². The topological polar surface area (TPSA) is 59.5 Å². The third-order valence-electron chi connectivity index (χ3n) is 4.04. The second-order valence-electron chi connectivity index (χ2n) is 5.89. The van der Waals surface area contributed by atoms with E-state index >= 15 is 0 Å². The normalized spacial score (nSPS) is 14.0. The van der Waals surface area contributed by atoms with Crippen LogP contribution in [0, 0.1) is 6.92 Å². The standard InChI is InChI=1S/C18H20N2O3S/c1-12-17(13(2)21)24-18(19-12)14-5-7-15(8-6-14)23-11-16(22)20-9-3-4-10-20/h5-8H,3-4,9-11H2,1-2H3. The number of hydrogen-bond donors (Lipinski definition) is 0. The lowest BCUT2D eigenvalue weighted by Gasteiger charge is -2.15. The van der Waals surface area contributed by atoms with Gasteiger partial charge in [0, 0.05) is 25.6 Å². The molecule has 0 atom stereocenters. The van der Waals surface area contributed by atoms with Crippen LogP contribution in [0.5, 0.6) is 5.75 Å². The minimum Gasteiger partial charge on any atom is -0.484 e. The molecule has 126 valence electrons. The zero-order valence-electron chi connectivity index (χ0n) is 13.9. The molecule has 1 aliphatic rings. The fourth-order valence-electron chi connectivity index (χ4n) is 2.74. The van der Waals surface area contributed by atoms with Crippen molar-refractivity contribution in [3.05, 3.63) is 34.8 Å². The molecule has 0 spiro atoms. The maximum absolute atomic E-state index is 12.0. The second kappa shape index (κ2) is 7.13. The van der Waals surface area contributed by atoms with E-state index in [0.717, 1.165) is 42.2 Å². The van der Waals surface area contributed by atoms with Crippen molar-refractivity contribution in [3.8, 4) is 16.3 Å². The van der Waals surface area contributed by atoms with Crippen LogP contribution in [0.15, 0.2) is 24.3 Å². The Morgan fingerprint density at radius 2 is 1.88 bits per heavy atom. The molecule has 1 aromatic carbocycles. The lowest BCUT2D eigenvalue weighted by Crippen LogP contribution is -2.32. The van der Waals surface area contributed by atoms with Gasteiger partial charge in [0.25, 0.3) is 5.91 Å². The summed E-state index contributed by atoms with van der Waals surface area (Å²) in [5.41, 5.74) is 1.70. The number of likely N-dealkylation sites (tertiary alicyclic amines) is 1. The number of ketones is 1. The first-order valence-corrected chi connectivity index (χ1v) is 8.85. The second-order valence-corrected chi connectivity index (χ2v) is 6.89. The van der Waals surface area contributed by atoms with Crippen LogP contribution in [-0.2, 0) is 4.79 Å². The van der Waals surface area contributed by atoms with E-state index < -0.39 is 0 Å². The number of benzene rings is 1. The Balaban J connectivity index is 1.64. The molecule has 0 radical (unpaired) electrons. The van der Waals surface area contributed by atoms with E-state index in [1.807, 2.05) is 36.1 Å². The summed E-state index contributed by atoms with van der Waals surface area (Å²) < 4.78 is 5.58. The zero-order valence-corrected chi connectivity index (χ0v) is 14.7. The maximum Gasteiger partial charge on any atom is 0.260 e. The predicted octanol–water partition coefficient (Wildman–Crippen LogP) is 3.32. The molecule has 0 aliphatic carbocycles. The van der Waals surface area contributed by atoms with Gasteiger partial charge >= 0.3 is 0 Å². The van der Waals surface area contributed by atoms with Gasteiger partial charge in [0.2, 0.25) is 0 Å². The van der Waals surface area contributed by atoms with Gasteiger partial charge < -0.3 is 9.64 Å². The highest BCUT2D eigenvalue weighted by Crippen LogP contribution is 2.29. The Morgan fingerprint density at radius 1 is 1.21 bits per heavy atom. The van der Waals surface area contributed by atoms with Crippen LogP contribution in [0.2, 0.25) is 0 Å². The first kappa shape index (κ1) is 16.6. The molecule has 0 saturated carbocycles. The molecule has 1 aromatic heterocycles. The van der Waals surface area contributed by atoms with Crippen molar-refractivity contribution in [3.63, 3.8) is 0 Å². The number of rotatable bonds is 5. The van der Waals surface area contributed by atoms with E-state index in [1.54, 1.807) is 6.92 Å². The average molecular weight is 344 g/mol. The number of aromatic nitrogens is 1. The molecule has 2 aromatic rings. The van der Waals surface area contributed by atoms with Gasteiger partial charge in [-0.05, 0) is 44.0 Å². The Kier molecular flexibility index (Phi) is 4.94. The van der Waals surface area contributed by atoms with Crippen LogP contribution in [0.4, 0.5) is 0 Å². The fourth-order valence-corrected chi connectivity index (χ4v) is 3.71. The van der Waals surface area contributed by atoms with Crippen LogP contribution in [0.1, 0.15) is 35.1 Å². The van der Waals surface area contributed by atoms with Crippen LogP contribution in [-0.4, -0.2) is 41.3 Å². The Bertz CT molecular complexity index is 746. The maximum atomic E-state index is 12.0. The number of nitrogens with zero attached hydrogens (tertiary/aromatic N) is 2. The molecule has 2 heterocycles. The van der Waals surface area contributed by atoms with Gasteiger partial charge in [-0.25, -0.2) is 4.98 Å². The summed E-state index contributed by atoms with van der Waals surface area (Å²) in [7, 11) is 0. The number of hydrogen-bond acceptors (Lipinski definition) is 5. The smallest absolute Gasteiger partial charge is 0.260 e. The summed E-state index contributed by atoms with van der Waals surface area (Å²) in [6, 6.07) is 7.46. The third kappa shape index (κ3) is 3.64. The summed E-state index contributed by atoms with van der Waals surface area (Å²) >= 11 is 1.40. The summed E-state index contributed by atoms with van der Waals surface area (Å²) in [6.07, 6.45) is 2.16. The molecule has 5 nitrogen and oxygen atoms in total. The first-order valence-electron chi connectivity index (χ1n) is 8.04. The summed E-state index contributed by atoms with van der Waals surface area (Å²) in [4.78, 5) is 30.5. The summed E-state index contributed by atoms with van der Waals surface area (Å²) in [6.45, 7) is 5.15. The van der Waals surface area contributed by atoms with Gasteiger partial charge in [-0.2, -0.15) is 0 Å². The largest absolute Gasteiger partial charge is 0.484 e. The van der Waals surface area contributed by atoms with Crippen LogP contribution in [0.25, 0.3) is 10.6 Å². The molecule has 1 fully saturated rings. The van der Waals surface area contributed by atoms with E-state index in [-0.39, 0.29) is 18.3 Å². The van der Waals surface area contributed by atoms with Crippen molar-refractivity contribution < 1.29 is 14.3 Å². The van der Waals surface area contributed by atoms with Gasteiger partial charge in [-0.15, -0.1) is 11.3 Å². The van der Waals surface area contributed by atoms with Crippen molar-refractivity contribution in [2.24, 2.45) is 0 Å². The highest BCUT2D eigenvalue weighted by molar-refractivity contribution is 7.17. The molecular formula is C18H20N2O3S. The molecule has 1 saturated heterocycles. The molecule has 1 aliphatic heterocycles. The van der Waals surface area contributed by atoms with Gasteiger partial charge in [0.15, 0.2) is 12.4 Å². The number of ether oxygens (including phenoxy) is 1. The molecular weight excluding hydrogens is 324 g/mol. The zero-order chi connectivity index (χ0) is 17.1. The number of carbonyl (C=O) groups excluding carboxylic acids is 2. The van der Waals surface area contributed by atoms with Gasteiger partial charge in [0.05, 0.1) is 10.6 Å². The third-order valence-corrected chi connectivity index (χ3v) is 5.35. The van der Waals surface area contributed by atoms with Gasteiger partial charge in [-0.3, -0.25) is 9.59 Å². The average Bonchev–Trinajstić information content (AvgIpc) is 3.22. The molecule has 24 heavy (non-hydrogen) atoms. The number of aryl methyl sites for hydroxylation is 1. The van der Waals surface area contributed by atoms with Gasteiger partial charge in [-0.1, -0.05) is 0 Å². The highest BCUT2D eigenvalue weighted by Gasteiger charge is 2.18. The van der Waals surface area contributed by atoms with E-state index in [0.29, 0.717) is 10.6 Å². The SMILES string of the molecule is CC(=O)c1sc(-c2ccc(OCC(=O)N3CCCC3)cc2)nc1C. The van der Waals surface area contributed by atoms with Crippen molar-refractivity contribution in [1.29, 1.82) is 0 Å². The van der Waals surface area contributed by atoms with Crippen molar-refractivity contribution in [2.45, 2.75) is 26.7 Å². The lowest BCUT2D eigenvalue weighted by molar-refractivity contribution is -0.132. The molecule has 1 amide bonds. The van der Waals surface area contributed by atoms with Crippen molar-refractivity contribution in [1.82, 2.24) is 9.88 Å². The summed E-state index contributed by atoms with van der Waals surface area (Å²) in [5, 5.41) is 0.817. The summed E-state index contributed by atoms with van der Waals surface area (Å²) in [5.74, 6) is 0.737. The lowest BCUT2D eigenvalue weighted by atomic mass is 10.2. The molecule has 6 heteroatoms. The molecule has 3 rings (SSSR count). The predicted molar refractivity (Wildman–Crippen MR) is 93.6 cm³/mol. The quantitative estimate of drug-likeness (QED) is 0.781. The number of thiazole rings is 1. The van der Waals surface area contributed by atoms with E-state index in [4.69, 9.17) is 4.74 Å². The highest BCUT2D eigenvalue weighted by atomic mass is 32.1. The Hall–Kier alpha value is -2.21. The Morgan fingerprint density at radius 3 is 2.46 bits per heavy atom. The van der Waals surface area contributed by atoms with E-state index in [2.05, 4.69) is 4.98 Å². The number of amides is 1. The fraction of sp³-hybridized carbons (Fsp3) is 0.389. The minimum absolute atomic E-state index is 0.0385. The van der Waals surface area contributed by atoms with Gasteiger partial charge in [0.1, 0.15) is 10.8 Å². The molecule has 0 N–H and O–H groups in total. The first-order chi connectivity index (χ1) is 11.5. The minimum atomic E-state index is 0.0385. The van der Waals surface area contributed by atoms with Crippen LogP contribution >= 0.6 is 11.3 Å². The Labute approximate surface area is 145 Å². The molecule has 0 bridgehead atoms. The van der Waals surface area contributed by atoms with E-state index in [9.17, 15) is 9.59 Å². The molecule has 0 unspecified atom stereocenters. The van der Waals surface area contributed by atoms with E-state index in [1.165, 1.54) is 11.3 Å². The van der Waals surface area contributed by atoms with Crippen LogP contribution in [0.3, 0.4) is 0 Å². The van der Waals surface area contributed by atoms with Crippen LogP contribution < -0.4 is 4.74 Å². The monoisotopic (exact) mass is 344 g/mol. The number of Topliss-reactive ketones (excluding diaryl/α,β-unsaturated/α-hetero) is 1.